The predicted octanol–water partition coefficient (Wildman–Crippen LogP) is 3.72. The van der Waals surface area contributed by atoms with Gasteiger partial charge in [0.25, 0.3) is 0 Å². The van der Waals surface area contributed by atoms with Gasteiger partial charge >= 0.3 is 6.09 Å². The summed E-state index contributed by atoms with van der Waals surface area (Å²) in [7, 11) is 1.60. The second-order valence-corrected chi connectivity index (χ2v) is 5.89. The highest BCUT2D eigenvalue weighted by Gasteiger charge is 2.22. The third-order valence-electron chi connectivity index (χ3n) is 2.54. The van der Waals surface area contributed by atoms with Crippen molar-refractivity contribution in [1.82, 2.24) is 4.90 Å². The Hall–Kier alpha value is -1.26. The molecule has 0 radical (unpaired) electrons. The molecule has 0 heterocycles. The molecule has 0 saturated heterocycles. The Labute approximate surface area is 125 Å². The van der Waals surface area contributed by atoms with Crippen molar-refractivity contribution in [3.05, 3.63) is 34.9 Å². The molecule has 0 aliphatic heterocycles. The summed E-state index contributed by atoms with van der Waals surface area (Å²) in [6.07, 6.45) is -0.366. The molecule has 1 rings (SSSR count). The monoisotopic (exact) mass is 299 g/mol. The zero-order valence-corrected chi connectivity index (χ0v) is 13.2. The quantitative estimate of drug-likeness (QED) is 0.831. The van der Waals surface area contributed by atoms with Crippen LogP contribution in [0.5, 0.6) is 0 Å². The lowest BCUT2D eigenvalue weighted by molar-refractivity contribution is 0.0184. The third kappa shape index (κ3) is 5.80. The fourth-order valence-corrected chi connectivity index (χ4v) is 1.79. The summed E-state index contributed by atoms with van der Waals surface area (Å²) in [4.78, 5) is 13.8. The smallest absolute Gasteiger partial charge is 0.410 e. The van der Waals surface area contributed by atoms with E-state index < -0.39 is 5.60 Å². The van der Waals surface area contributed by atoms with Gasteiger partial charge in [0.05, 0.1) is 13.2 Å². The molecule has 0 unspecified atom stereocenters. The third-order valence-corrected chi connectivity index (χ3v) is 2.90. The van der Waals surface area contributed by atoms with E-state index in [-0.39, 0.29) is 6.09 Å². The number of amides is 1. The minimum Gasteiger partial charge on any atom is -0.444 e. The Kier molecular flexibility index (Phi) is 6.30. The van der Waals surface area contributed by atoms with Crippen LogP contribution in [0.4, 0.5) is 4.79 Å². The van der Waals surface area contributed by atoms with Crippen molar-refractivity contribution in [2.24, 2.45) is 0 Å². The van der Waals surface area contributed by atoms with Crippen molar-refractivity contribution in [2.75, 3.05) is 20.3 Å². The van der Waals surface area contributed by atoms with Gasteiger partial charge in [-0.2, -0.15) is 0 Å². The van der Waals surface area contributed by atoms with Gasteiger partial charge in [0, 0.05) is 18.7 Å². The standard InChI is InChI=1S/C15H22ClNO3/c1-15(2,3)20-14(18)17(9-10-19-4)11-12-7-5-6-8-13(12)16/h5-8H,9-11H2,1-4H3. The summed E-state index contributed by atoms with van der Waals surface area (Å²) in [5.74, 6) is 0. The van der Waals surface area contributed by atoms with E-state index in [1.807, 2.05) is 39.0 Å². The maximum absolute atomic E-state index is 12.2. The number of hydrogen-bond donors (Lipinski definition) is 0. The second kappa shape index (κ2) is 7.50. The molecule has 0 bridgehead atoms. The molecule has 0 N–H and O–H groups in total. The minimum atomic E-state index is -0.525. The molecule has 4 nitrogen and oxygen atoms in total. The summed E-state index contributed by atoms with van der Waals surface area (Å²) in [5, 5.41) is 0.637. The molecule has 1 aromatic carbocycles. The number of rotatable bonds is 5. The van der Waals surface area contributed by atoms with Crippen molar-refractivity contribution < 1.29 is 14.3 Å². The summed E-state index contributed by atoms with van der Waals surface area (Å²) in [6, 6.07) is 7.45. The number of hydrogen-bond acceptors (Lipinski definition) is 3. The van der Waals surface area contributed by atoms with Gasteiger partial charge in [-0.15, -0.1) is 0 Å². The Morgan fingerprint density at radius 3 is 2.50 bits per heavy atom. The average molecular weight is 300 g/mol. The van der Waals surface area contributed by atoms with E-state index >= 15 is 0 Å². The number of methoxy groups -OCH3 is 1. The van der Waals surface area contributed by atoms with Crippen molar-refractivity contribution in [2.45, 2.75) is 32.9 Å². The first-order valence-corrected chi connectivity index (χ1v) is 6.91. The molecule has 5 heteroatoms. The topological polar surface area (TPSA) is 38.8 Å². The van der Waals surface area contributed by atoms with Crippen molar-refractivity contribution in [1.29, 1.82) is 0 Å². The van der Waals surface area contributed by atoms with Crippen LogP contribution in [0, 0.1) is 0 Å². The van der Waals surface area contributed by atoms with E-state index in [1.165, 1.54) is 0 Å². The zero-order chi connectivity index (χ0) is 15.2. The number of carbonyl (C=O) groups excluding carboxylic acids is 1. The van der Waals surface area contributed by atoms with E-state index in [1.54, 1.807) is 18.1 Å². The zero-order valence-electron chi connectivity index (χ0n) is 12.5. The largest absolute Gasteiger partial charge is 0.444 e. The Balaban J connectivity index is 2.79. The first kappa shape index (κ1) is 16.8. The van der Waals surface area contributed by atoms with Crippen LogP contribution >= 0.6 is 11.6 Å². The van der Waals surface area contributed by atoms with Crippen LogP contribution in [0.15, 0.2) is 24.3 Å². The summed E-state index contributed by atoms with van der Waals surface area (Å²) in [5.41, 5.74) is 0.360. The van der Waals surface area contributed by atoms with Crippen LogP contribution in [0.25, 0.3) is 0 Å². The van der Waals surface area contributed by atoms with Gasteiger partial charge in [0.1, 0.15) is 5.60 Å². The van der Waals surface area contributed by atoms with Crippen LogP contribution in [0.2, 0.25) is 5.02 Å². The van der Waals surface area contributed by atoms with Crippen molar-refractivity contribution in [3.8, 4) is 0 Å². The first-order valence-electron chi connectivity index (χ1n) is 6.54. The van der Waals surface area contributed by atoms with Crippen LogP contribution in [-0.4, -0.2) is 36.9 Å². The molecule has 1 aromatic rings. The van der Waals surface area contributed by atoms with Gasteiger partial charge in [-0.3, -0.25) is 0 Å². The van der Waals surface area contributed by atoms with Crippen LogP contribution in [-0.2, 0) is 16.0 Å². The van der Waals surface area contributed by atoms with Crippen LogP contribution in [0.1, 0.15) is 26.3 Å². The fourth-order valence-electron chi connectivity index (χ4n) is 1.60. The molecule has 0 atom stereocenters. The number of carbonyl (C=O) groups is 1. The molecule has 112 valence electrons. The summed E-state index contributed by atoms with van der Waals surface area (Å²) < 4.78 is 10.4. The van der Waals surface area contributed by atoms with Gasteiger partial charge < -0.3 is 14.4 Å². The van der Waals surface area contributed by atoms with E-state index in [4.69, 9.17) is 21.1 Å². The van der Waals surface area contributed by atoms with Crippen LogP contribution < -0.4 is 0 Å². The van der Waals surface area contributed by atoms with Gasteiger partial charge in [-0.05, 0) is 32.4 Å². The number of benzene rings is 1. The van der Waals surface area contributed by atoms with E-state index in [0.717, 1.165) is 5.56 Å². The predicted molar refractivity (Wildman–Crippen MR) is 80.0 cm³/mol. The van der Waals surface area contributed by atoms with Crippen LogP contribution in [0.3, 0.4) is 0 Å². The molecule has 1 amide bonds. The Morgan fingerprint density at radius 2 is 1.95 bits per heavy atom. The molecular weight excluding hydrogens is 278 g/mol. The first-order chi connectivity index (χ1) is 9.33. The number of halogens is 1. The highest BCUT2D eigenvalue weighted by molar-refractivity contribution is 6.31. The minimum absolute atomic E-state index is 0.366. The average Bonchev–Trinajstić information content (AvgIpc) is 2.34. The lowest BCUT2D eigenvalue weighted by Crippen LogP contribution is -2.38. The normalized spacial score (nSPS) is 11.2. The van der Waals surface area contributed by atoms with E-state index in [0.29, 0.717) is 24.7 Å². The van der Waals surface area contributed by atoms with Crippen molar-refractivity contribution in [3.63, 3.8) is 0 Å². The molecule has 0 saturated carbocycles. The summed E-state index contributed by atoms with van der Waals surface area (Å²) in [6.45, 7) is 6.83. The van der Waals surface area contributed by atoms with Gasteiger partial charge in [0.2, 0.25) is 0 Å². The second-order valence-electron chi connectivity index (χ2n) is 5.49. The molecule has 0 aliphatic carbocycles. The Bertz CT molecular complexity index is 443. The van der Waals surface area contributed by atoms with Crippen molar-refractivity contribution >= 4 is 17.7 Å². The van der Waals surface area contributed by atoms with Gasteiger partial charge in [-0.1, -0.05) is 29.8 Å². The van der Waals surface area contributed by atoms with E-state index in [9.17, 15) is 4.79 Å². The Morgan fingerprint density at radius 1 is 1.30 bits per heavy atom. The van der Waals surface area contributed by atoms with Gasteiger partial charge in [-0.25, -0.2) is 4.79 Å². The fraction of sp³-hybridized carbons (Fsp3) is 0.533. The molecule has 0 fully saturated rings. The van der Waals surface area contributed by atoms with E-state index in [2.05, 4.69) is 0 Å². The lowest BCUT2D eigenvalue weighted by atomic mass is 10.2. The molecule has 20 heavy (non-hydrogen) atoms. The van der Waals surface area contributed by atoms with Gasteiger partial charge in [0.15, 0.2) is 0 Å². The number of nitrogens with zero attached hydrogens (tertiary/aromatic N) is 1. The lowest BCUT2D eigenvalue weighted by Gasteiger charge is -2.27. The summed E-state index contributed by atoms with van der Waals surface area (Å²) >= 11 is 6.13. The molecule has 0 aromatic heterocycles. The highest BCUT2D eigenvalue weighted by atomic mass is 35.5. The maximum Gasteiger partial charge on any atom is 0.410 e. The maximum atomic E-state index is 12.2. The molecular formula is C15H22ClNO3. The highest BCUT2D eigenvalue weighted by Crippen LogP contribution is 2.18. The SMILES string of the molecule is COCCN(Cc1ccccc1Cl)C(=O)OC(C)(C)C. The number of ether oxygens (including phenoxy) is 2. The molecule has 0 spiro atoms. The molecule has 0 aliphatic rings.